The first-order chi connectivity index (χ1) is 26.3. The first kappa shape index (κ1) is 30.8. The number of nitrogens with zero attached hydrogens (tertiary/aromatic N) is 1. The fourth-order valence-electron chi connectivity index (χ4n) is 8.06. The molecule has 0 amide bonds. The molecule has 53 heavy (non-hydrogen) atoms. The highest BCUT2D eigenvalue weighted by atomic mass is 15.1. The van der Waals surface area contributed by atoms with Crippen LogP contribution in [0.1, 0.15) is 0 Å². The quantitative estimate of drug-likeness (QED) is 0.159. The highest BCUT2D eigenvalue weighted by molar-refractivity contribution is 6.09. The van der Waals surface area contributed by atoms with E-state index in [-0.39, 0.29) is 0 Å². The summed E-state index contributed by atoms with van der Waals surface area (Å²) < 4.78 is 0. The van der Waals surface area contributed by atoms with Crippen molar-refractivity contribution in [2.75, 3.05) is 4.90 Å². The Balaban J connectivity index is 1.13. The Morgan fingerprint density at radius 1 is 0.245 bits per heavy atom. The van der Waals surface area contributed by atoms with E-state index in [1.165, 1.54) is 76.5 Å². The van der Waals surface area contributed by atoms with Gasteiger partial charge in [-0.3, -0.25) is 0 Å². The zero-order valence-corrected chi connectivity index (χ0v) is 29.2. The molecule has 0 fully saturated rings. The van der Waals surface area contributed by atoms with Crippen LogP contribution in [0.2, 0.25) is 0 Å². The molecule has 10 aromatic carbocycles. The summed E-state index contributed by atoms with van der Waals surface area (Å²) in [6.45, 7) is 0. The molecule has 0 saturated heterocycles. The van der Waals surface area contributed by atoms with Crippen LogP contribution >= 0.6 is 0 Å². The van der Waals surface area contributed by atoms with E-state index in [9.17, 15) is 0 Å². The number of rotatable bonds is 6. The van der Waals surface area contributed by atoms with Gasteiger partial charge in [0.15, 0.2) is 0 Å². The SMILES string of the molecule is c1ccc(-c2ccc3ccccc3c2-c2ccc(N(c3ccc(-c4cccc5ccccc45)cc3)c3ccc4ccc5ccccc5c4c3)cc2)cc1. The molecular formula is C52H35N. The third kappa shape index (κ3) is 5.51. The summed E-state index contributed by atoms with van der Waals surface area (Å²) in [5.74, 6) is 0. The van der Waals surface area contributed by atoms with Gasteiger partial charge in [-0.2, -0.15) is 0 Å². The molecule has 0 radical (unpaired) electrons. The molecule has 0 heterocycles. The molecule has 1 nitrogen and oxygen atoms in total. The molecule has 0 bridgehead atoms. The molecule has 0 aliphatic rings. The van der Waals surface area contributed by atoms with E-state index in [1.54, 1.807) is 0 Å². The molecule has 0 aliphatic carbocycles. The second-order valence-corrected chi connectivity index (χ2v) is 13.7. The predicted octanol–water partition coefficient (Wildman–Crippen LogP) is 14.8. The van der Waals surface area contributed by atoms with Crippen molar-refractivity contribution in [3.8, 4) is 33.4 Å². The van der Waals surface area contributed by atoms with Crippen LogP contribution in [-0.4, -0.2) is 0 Å². The predicted molar refractivity (Wildman–Crippen MR) is 227 cm³/mol. The van der Waals surface area contributed by atoms with Gasteiger partial charge in [0.2, 0.25) is 0 Å². The number of hydrogen-bond acceptors (Lipinski definition) is 1. The highest BCUT2D eigenvalue weighted by Crippen LogP contribution is 2.42. The fourth-order valence-corrected chi connectivity index (χ4v) is 8.06. The van der Waals surface area contributed by atoms with Gasteiger partial charge in [0, 0.05) is 17.1 Å². The van der Waals surface area contributed by atoms with Gasteiger partial charge in [-0.25, -0.2) is 0 Å². The molecule has 0 unspecified atom stereocenters. The van der Waals surface area contributed by atoms with Crippen LogP contribution in [0.15, 0.2) is 212 Å². The average Bonchev–Trinajstić information content (AvgIpc) is 3.24. The monoisotopic (exact) mass is 673 g/mol. The molecule has 0 spiro atoms. The van der Waals surface area contributed by atoms with Crippen molar-refractivity contribution in [3.05, 3.63) is 212 Å². The Morgan fingerprint density at radius 2 is 0.717 bits per heavy atom. The lowest BCUT2D eigenvalue weighted by molar-refractivity contribution is 1.29. The number of benzene rings is 10. The van der Waals surface area contributed by atoms with E-state index in [0.29, 0.717) is 0 Å². The summed E-state index contributed by atoms with van der Waals surface area (Å²) in [5.41, 5.74) is 10.7. The summed E-state index contributed by atoms with van der Waals surface area (Å²) in [6.07, 6.45) is 0. The van der Waals surface area contributed by atoms with Gasteiger partial charge >= 0.3 is 0 Å². The number of fused-ring (bicyclic) bond motifs is 5. The fraction of sp³-hybridized carbons (Fsp3) is 0. The first-order valence-electron chi connectivity index (χ1n) is 18.3. The van der Waals surface area contributed by atoms with Crippen molar-refractivity contribution >= 4 is 60.2 Å². The zero-order chi connectivity index (χ0) is 35.1. The minimum atomic E-state index is 1.10. The van der Waals surface area contributed by atoms with E-state index >= 15 is 0 Å². The van der Waals surface area contributed by atoms with Gasteiger partial charge in [0.25, 0.3) is 0 Å². The van der Waals surface area contributed by atoms with Gasteiger partial charge in [-0.15, -0.1) is 0 Å². The third-order valence-corrected chi connectivity index (χ3v) is 10.6. The van der Waals surface area contributed by atoms with Gasteiger partial charge in [-0.05, 0) is 113 Å². The van der Waals surface area contributed by atoms with Gasteiger partial charge < -0.3 is 4.90 Å². The minimum Gasteiger partial charge on any atom is -0.310 e. The molecule has 0 aromatic heterocycles. The minimum absolute atomic E-state index is 1.10. The van der Waals surface area contributed by atoms with Crippen molar-refractivity contribution in [3.63, 3.8) is 0 Å². The van der Waals surface area contributed by atoms with Crippen LogP contribution in [0.25, 0.3) is 76.5 Å². The maximum atomic E-state index is 2.39. The van der Waals surface area contributed by atoms with Gasteiger partial charge in [-0.1, -0.05) is 176 Å². The molecule has 10 aromatic rings. The second-order valence-electron chi connectivity index (χ2n) is 13.7. The van der Waals surface area contributed by atoms with Crippen LogP contribution < -0.4 is 4.90 Å². The molecule has 0 atom stereocenters. The Hall–Kier alpha value is -6.96. The van der Waals surface area contributed by atoms with Crippen LogP contribution in [-0.2, 0) is 0 Å². The molecular weight excluding hydrogens is 639 g/mol. The molecule has 10 rings (SSSR count). The first-order valence-corrected chi connectivity index (χ1v) is 18.3. The lowest BCUT2D eigenvalue weighted by Gasteiger charge is -2.27. The third-order valence-electron chi connectivity index (χ3n) is 10.6. The van der Waals surface area contributed by atoms with Crippen LogP contribution in [0.5, 0.6) is 0 Å². The topological polar surface area (TPSA) is 3.24 Å². The smallest absolute Gasteiger partial charge is 0.0468 e. The zero-order valence-electron chi connectivity index (χ0n) is 29.2. The second kappa shape index (κ2) is 13.0. The van der Waals surface area contributed by atoms with E-state index in [1.807, 2.05) is 0 Å². The lowest BCUT2D eigenvalue weighted by Crippen LogP contribution is -2.10. The summed E-state index contributed by atoms with van der Waals surface area (Å²) >= 11 is 0. The summed E-state index contributed by atoms with van der Waals surface area (Å²) in [6, 6.07) is 77.3. The van der Waals surface area contributed by atoms with Crippen LogP contribution in [0, 0.1) is 0 Å². The van der Waals surface area contributed by atoms with Crippen molar-refractivity contribution in [1.29, 1.82) is 0 Å². The summed E-state index contributed by atoms with van der Waals surface area (Å²) in [5, 5.41) is 10.00. The normalized spacial score (nSPS) is 11.4. The Morgan fingerprint density at radius 3 is 1.43 bits per heavy atom. The number of hydrogen-bond donors (Lipinski definition) is 0. The van der Waals surface area contributed by atoms with E-state index < -0.39 is 0 Å². The van der Waals surface area contributed by atoms with Gasteiger partial charge in [0.05, 0.1) is 0 Å². The molecule has 0 saturated carbocycles. The molecule has 0 N–H and O–H groups in total. The molecule has 248 valence electrons. The average molecular weight is 674 g/mol. The van der Waals surface area contributed by atoms with Crippen molar-refractivity contribution < 1.29 is 0 Å². The molecule has 0 aliphatic heterocycles. The number of anilines is 3. The molecule has 1 heteroatoms. The lowest BCUT2D eigenvalue weighted by atomic mass is 9.89. The summed E-state index contributed by atoms with van der Waals surface area (Å²) in [4.78, 5) is 2.39. The maximum absolute atomic E-state index is 2.39. The Bertz CT molecular complexity index is 2920. The maximum Gasteiger partial charge on any atom is 0.0468 e. The standard InChI is InChI=1S/C52H35N/c1-2-11-37(12-3-1)50-34-28-39-15-6-9-19-49(39)52(50)42-26-31-44(32-27-42)53(45-33-25-41-22-21-38-14-5-8-18-48(38)51(41)35-45)43-29-23-40(24-30-43)47-20-10-16-36-13-4-7-17-46(36)47/h1-35H. The van der Waals surface area contributed by atoms with Crippen molar-refractivity contribution in [2.45, 2.75) is 0 Å². The Labute approximate surface area is 309 Å². The van der Waals surface area contributed by atoms with Crippen molar-refractivity contribution in [2.24, 2.45) is 0 Å². The highest BCUT2D eigenvalue weighted by Gasteiger charge is 2.17. The summed E-state index contributed by atoms with van der Waals surface area (Å²) in [7, 11) is 0. The van der Waals surface area contributed by atoms with Crippen LogP contribution in [0.3, 0.4) is 0 Å². The Kier molecular flexibility index (Phi) is 7.55. The van der Waals surface area contributed by atoms with Crippen molar-refractivity contribution in [1.82, 2.24) is 0 Å². The van der Waals surface area contributed by atoms with E-state index in [0.717, 1.165) is 17.1 Å². The largest absolute Gasteiger partial charge is 0.310 e. The van der Waals surface area contributed by atoms with E-state index in [2.05, 4.69) is 217 Å². The van der Waals surface area contributed by atoms with E-state index in [4.69, 9.17) is 0 Å². The van der Waals surface area contributed by atoms with Crippen LogP contribution in [0.4, 0.5) is 17.1 Å². The van der Waals surface area contributed by atoms with Gasteiger partial charge in [0.1, 0.15) is 0 Å².